The molecule has 0 aliphatic carbocycles. The second-order valence-electron chi connectivity index (χ2n) is 8.28. The zero-order valence-electron chi connectivity index (χ0n) is 19.4. The van der Waals surface area contributed by atoms with E-state index in [1.807, 2.05) is 0 Å². The van der Waals surface area contributed by atoms with Crippen LogP contribution in [0.4, 0.5) is 0 Å². The van der Waals surface area contributed by atoms with E-state index >= 15 is 0 Å². The Morgan fingerprint density at radius 2 is 1.46 bits per heavy atom. The predicted molar refractivity (Wildman–Crippen MR) is 129 cm³/mol. The summed E-state index contributed by atoms with van der Waals surface area (Å²) in [6.45, 7) is 3.23. The molecule has 0 heterocycles. The van der Waals surface area contributed by atoms with E-state index in [2.05, 4.69) is 28.6 Å². The maximum absolute atomic E-state index is 13.0. The van der Waals surface area contributed by atoms with Crippen molar-refractivity contribution in [1.29, 1.82) is 0 Å². The van der Waals surface area contributed by atoms with Crippen molar-refractivity contribution in [2.75, 3.05) is 5.75 Å². The van der Waals surface area contributed by atoms with Gasteiger partial charge in [0.25, 0.3) is 0 Å². The number of rotatable bonds is 14. The average molecular weight is 513 g/mol. The molecule has 0 fully saturated rings. The Balaban J connectivity index is 3.02. The number of phenols is 1. The second kappa shape index (κ2) is 14.2. The molecule has 12 nitrogen and oxygen atoms in total. The van der Waals surface area contributed by atoms with Crippen LogP contribution in [0.2, 0.25) is 0 Å². The lowest BCUT2D eigenvalue weighted by molar-refractivity contribution is -0.143. The number of phenolic OH excluding ortho intramolecular Hbond substituents is 1. The van der Waals surface area contributed by atoms with Crippen LogP contribution in [0, 0.1) is 5.92 Å². The second-order valence-corrected chi connectivity index (χ2v) is 8.65. The Morgan fingerprint density at radius 3 is 1.94 bits per heavy atom. The molecule has 0 aliphatic heterocycles. The summed E-state index contributed by atoms with van der Waals surface area (Å²) in [5.41, 5.74) is 6.31. The number of carboxylic acid groups (broad SMARTS) is 2. The number of carbonyl (C=O) groups excluding carboxylic acids is 3. The van der Waals surface area contributed by atoms with Gasteiger partial charge in [0.2, 0.25) is 17.7 Å². The number of hydrogen-bond donors (Lipinski definition) is 8. The molecule has 1 aromatic rings. The van der Waals surface area contributed by atoms with E-state index < -0.39 is 59.7 Å². The number of thiol groups is 1. The first-order chi connectivity index (χ1) is 16.3. The van der Waals surface area contributed by atoms with Crippen molar-refractivity contribution in [3.8, 4) is 5.75 Å². The maximum Gasteiger partial charge on any atom is 0.326 e. The first-order valence-corrected chi connectivity index (χ1v) is 11.5. The van der Waals surface area contributed by atoms with E-state index in [9.17, 15) is 34.2 Å². The van der Waals surface area contributed by atoms with Gasteiger partial charge in [0, 0.05) is 18.6 Å². The van der Waals surface area contributed by atoms with Crippen molar-refractivity contribution < 1.29 is 39.3 Å². The number of benzene rings is 1. The van der Waals surface area contributed by atoms with E-state index in [-0.39, 0.29) is 30.8 Å². The average Bonchev–Trinajstić information content (AvgIpc) is 2.79. The first-order valence-electron chi connectivity index (χ1n) is 10.9. The van der Waals surface area contributed by atoms with E-state index in [0.29, 0.717) is 5.56 Å². The van der Waals surface area contributed by atoms with Crippen molar-refractivity contribution in [1.82, 2.24) is 16.0 Å². The third kappa shape index (κ3) is 10.2. The van der Waals surface area contributed by atoms with Crippen molar-refractivity contribution in [2.24, 2.45) is 11.7 Å². The molecule has 4 unspecified atom stereocenters. The number of aromatic hydroxyl groups is 1. The highest BCUT2D eigenvalue weighted by Gasteiger charge is 2.31. The molecular weight excluding hydrogens is 480 g/mol. The van der Waals surface area contributed by atoms with Crippen LogP contribution in [0.15, 0.2) is 24.3 Å². The van der Waals surface area contributed by atoms with Gasteiger partial charge in [-0.05, 0) is 30.0 Å². The number of carbonyl (C=O) groups is 5. The van der Waals surface area contributed by atoms with Gasteiger partial charge in [-0.3, -0.25) is 19.2 Å². The predicted octanol–water partition coefficient (Wildman–Crippen LogP) is -0.748. The highest BCUT2D eigenvalue weighted by atomic mass is 32.1. The zero-order chi connectivity index (χ0) is 26.7. The summed E-state index contributed by atoms with van der Waals surface area (Å²) in [4.78, 5) is 60.3. The topological polar surface area (TPSA) is 208 Å². The van der Waals surface area contributed by atoms with Gasteiger partial charge < -0.3 is 37.0 Å². The minimum atomic E-state index is -1.23. The molecule has 13 heteroatoms. The molecule has 0 spiro atoms. The fourth-order valence-corrected chi connectivity index (χ4v) is 3.26. The molecule has 1 rings (SSSR count). The van der Waals surface area contributed by atoms with Crippen LogP contribution in [0.3, 0.4) is 0 Å². The quantitative estimate of drug-likeness (QED) is 0.147. The summed E-state index contributed by atoms with van der Waals surface area (Å²) in [6.07, 6.45) is -0.526. The Morgan fingerprint density at radius 1 is 0.914 bits per heavy atom. The highest BCUT2D eigenvalue weighted by Crippen LogP contribution is 2.12. The SMILES string of the molecule is CC(C)C(NC(=O)C(CS)NC(=O)C(Cc1ccc(O)cc1)NC(=O)C(N)CCC(=O)O)C(=O)O. The molecule has 4 atom stereocenters. The van der Waals surface area contributed by atoms with Gasteiger partial charge >= 0.3 is 11.9 Å². The summed E-state index contributed by atoms with van der Waals surface area (Å²) >= 11 is 4.07. The molecule has 8 N–H and O–H groups in total. The summed E-state index contributed by atoms with van der Waals surface area (Å²) in [5, 5.41) is 34.8. The number of amides is 3. The lowest BCUT2D eigenvalue weighted by Gasteiger charge is -2.25. The van der Waals surface area contributed by atoms with Crippen molar-refractivity contribution in [3.63, 3.8) is 0 Å². The Bertz CT molecular complexity index is 909. The van der Waals surface area contributed by atoms with Gasteiger partial charge in [-0.1, -0.05) is 26.0 Å². The van der Waals surface area contributed by atoms with Crippen LogP contribution >= 0.6 is 12.6 Å². The number of nitrogens with one attached hydrogen (secondary N) is 3. The summed E-state index contributed by atoms with van der Waals surface area (Å²) < 4.78 is 0. The van der Waals surface area contributed by atoms with Crippen LogP contribution in [0.25, 0.3) is 0 Å². The molecule has 35 heavy (non-hydrogen) atoms. The number of aliphatic carboxylic acids is 2. The smallest absolute Gasteiger partial charge is 0.326 e. The molecule has 0 saturated carbocycles. The van der Waals surface area contributed by atoms with Gasteiger partial charge in [0.1, 0.15) is 23.9 Å². The van der Waals surface area contributed by atoms with Crippen LogP contribution in [-0.2, 0) is 30.4 Å². The normalized spacial score (nSPS) is 14.3. The number of carboxylic acids is 2. The lowest BCUT2D eigenvalue weighted by atomic mass is 10.0. The van der Waals surface area contributed by atoms with Crippen molar-refractivity contribution in [2.45, 2.75) is 57.3 Å². The van der Waals surface area contributed by atoms with Gasteiger partial charge in [-0.15, -0.1) is 0 Å². The maximum atomic E-state index is 13.0. The van der Waals surface area contributed by atoms with E-state index in [4.69, 9.17) is 10.8 Å². The van der Waals surface area contributed by atoms with Crippen LogP contribution < -0.4 is 21.7 Å². The lowest BCUT2D eigenvalue weighted by Crippen LogP contribution is -2.58. The summed E-state index contributed by atoms with van der Waals surface area (Å²) in [7, 11) is 0. The Kier molecular flexibility index (Phi) is 12.0. The van der Waals surface area contributed by atoms with E-state index in [1.165, 1.54) is 24.3 Å². The molecule has 0 saturated heterocycles. The van der Waals surface area contributed by atoms with Crippen LogP contribution in [-0.4, -0.2) is 74.9 Å². The first kappa shape index (κ1) is 29.7. The van der Waals surface area contributed by atoms with Crippen LogP contribution in [0.5, 0.6) is 5.75 Å². The van der Waals surface area contributed by atoms with Gasteiger partial charge in [0.15, 0.2) is 0 Å². The fraction of sp³-hybridized carbons (Fsp3) is 0.500. The van der Waals surface area contributed by atoms with Gasteiger partial charge in [-0.25, -0.2) is 4.79 Å². The standard InChI is InChI=1S/C22H32N4O8S/c1-11(2)18(22(33)34)26-21(32)16(10-35)25-20(31)15(9-12-3-5-13(27)6-4-12)24-19(30)14(23)7-8-17(28)29/h3-6,11,14-16,18,27,35H,7-10,23H2,1-2H3,(H,24,30)(H,25,31)(H,26,32)(H,28,29)(H,33,34). The highest BCUT2D eigenvalue weighted by molar-refractivity contribution is 7.80. The molecule has 0 bridgehead atoms. The summed E-state index contributed by atoms with van der Waals surface area (Å²) in [6, 6.07) is 1.09. The Hall–Kier alpha value is -3.32. The Labute approximate surface area is 208 Å². The number of hydrogen-bond acceptors (Lipinski definition) is 8. The van der Waals surface area contributed by atoms with Gasteiger partial charge in [0.05, 0.1) is 6.04 Å². The van der Waals surface area contributed by atoms with Gasteiger partial charge in [-0.2, -0.15) is 12.6 Å². The van der Waals surface area contributed by atoms with E-state index in [0.717, 1.165) is 0 Å². The molecule has 0 aromatic heterocycles. The monoisotopic (exact) mass is 512 g/mol. The molecular formula is C22H32N4O8S. The number of nitrogens with two attached hydrogens (primary N) is 1. The zero-order valence-corrected chi connectivity index (χ0v) is 20.3. The third-order valence-corrected chi connectivity index (χ3v) is 5.43. The summed E-state index contributed by atoms with van der Waals surface area (Å²) in [5.74, 6) is -5.21. The fourth-order valence-electron chi connectivity index (χ4n) is 3.00. The molecule has 194 valence electrons. The largest absolute Gasteiger partial charge is 0.508 e. The van der Waals surface area contributed by atoms with Crippen LogP contribution in [0.1, 0.15) is 32.3 Å². The van der Waals surface area contributed by atoms with E-state index in [1.54, 1.807) is 13.8 Å². The minimum Gasteiger partial charge on any atom is -0.508 e. The third-order valence-electron chi connectivity index (χ3n) is 5.06. The molecule has 1 aromatic carbocycles. The van der Waals surface area contributed by atoms with Crippen molar-refractivity contribution >= 4 is 42.3 Å². The minimum absolute atomic E-state index is 0.000531. The molecule has 0 radical (unpaired) electrons. The van der Waals surface area contributed by atoms with Crippen molar-refractivity contribution in [3.05, 3.63) is 29.8 Å². The molecule has 0 aliphatic rings. The molecule has 3 amide bonds.